The van der Waals surface area contributed by atoms with Gasteiger partial charge in [-0.3, -0.25) is 0 Å². The van der Waals surface area contributed by atoms with Crippen molar-refractivity contribution < 1.29 is 34.0 Å². The topological polar surface area (TPSA) is 13.1 Å². The first kappa shape index (κ1) is 11.9. The number of rotatable bonds is 2. The van der Waals surface area contributed by atoms with Gasteiger partial charge in [-0.15, -0.1) is 11.8 Å². The Morgan fingerprint density at radius 2 is 2.45 bits per heavy atom. The fourth-order valence-electron chi connectivity index (χ4n) is 0.525. The normalized spacial score (nSPS) is 8.73. The molecule has 1 aromatic heterocycles. The summed E-state index contributed by atoms with van der Waals surface area (Å²) in [6.45, 7) is 0. The smallest absolute Gasteiger partial charge is 0.468 e. The summed E-state index contributed by atoms with van der Waals surface area (Å²) in [5.74, 6) is 1.66. The molecule has 1 rings (SSSR count). The third-order valence-corrected chi connectivity index (χ3v) is 2.28. The summed E-state index contributed by atoms with van der Waals surface area (Å²) >= 11 is 10.9. The minimum atomic E-state index is 0. The quantitative estimate of drug-likeness (QED) is 0.367. The molecular weight excluding hydrogens is 207 g/mol. The van der Waals surface area contributed by atoms with E-state index in [2.05, 4.69) is 0 Å². The van der Waals surface area contributed by atoms with Crippen LogP contribution in [0.25, 0.3) is 0 Å². The monoisotopic (exact) mass is 212 g/mol. The number of hydrogen-bond donors (Lipinski definition) is 0. The van der Waals surface area contributed by atoms with E-state index in [-0.39, 0.29) is 29.6 Å². The van der Waals surface area contributed by atoms with Gasteiger partial charge >= 0.3 is 29.6 Å². The molecule has 0 unspecified atom stereocenters. The zero-order valence-electron chi connectivity index (χ0n) is 6.07. The van der Waals surface area contributed by atoms with E-state index in [4.69, 9.17) is 29.3 Å². The van der Waals surface area contributed by atoms with Crippen LogP contribution in [0.2, 0.25) is 0 Å². The minimum absolute atomic E-state index is 0. The Morgan fingerprint density at radius 3 is 2.91 bits per heavy atom. The van der Waals surface area contributed by atoms with Crippen LogP contribution >= 0.6 is 24.0 Å². The van der Waals surface area contributed by atoms with Crippen LogP contribution in [-0.2, 0) is 18.4 Å². The molecule has 0 bridgehead atoms. The van der Waals surface area contributed by atoms with Crippen molar-refractivity contribution in [3.8, 4) is 0 Å². The van der Waals surface area contributed by atoms with E-state index in [1.54, 1.807) is 6.26 Å². The number of hydrogen-bond acceptors (Lipinski definition) is 4. The average Bonchev–Trinajstić information content (AvgIpc) is 2.34. The Balaban J connectivity index is 0.000001000. The van der Waals surface area contributed by atoms with E-state index in [9.17, 15) is 0 Å². The number of furan rings is 1. The van der Waals surface area contributed by atoms with Crippen LogP contribution in [0.5, 0.6) is 0 Å². The Bertz CT molecular complexity index is 210. The predicted octanol–water partition coefficient (Wildman–Crippen LogP) is -0.651. The molecule has 0 aromatic carbocycles. The van der Waals surface area contributed by atoms with Gasteiger partial charge in [-0.05, 0) is 12.1 Å². The van der Waals surface area contributed by atoms with Gasteiger partial charge < -0.3 is 29.3 Å². The van der Waals surface area contributed by atoms with Crippen molar-refractivity contribution in [2.24, 2.45) is 0 Å². The average molecular weight is 212 g/mol. The van der Waals surface area contributed by atoms with E-state index in [1.165, 1.54) is 11.8 Å². The van der Waals surface area contributed by atoms with E-state index < -0.39 is 0 Å². The van der Waals surface area contributed by atoms with Crippen molar-refractivity contribution in [2.45, 2.75) is 5.75 Å². The largest absolute Gasteiger partial charge is 1.00 e. The molecule has 0 aliphatic rings. The van der Waals surface area contributed by atoms with Crippen LogP contribution < -0.4 is 29.6 Å². The molecule has 1 heterocycles. The van der Waals surface area contributed by atoms with Crippen molar-refractivity contribution in [1.29, 1.82) is 0 Å². The van der Waals surface area contributed by atoms with Gasteiger partial charge in [0.15, 0.2) is 0 Å². The second kappa shape index (κ2) is 6.46. The Kier molecular flexibility index (Phi) is 7.01. The summed E-state index contributed by atoms with van der Waals surface area (Å²) in [6, 6.07) is 3.75. The summed E-state index contributed by atoms with van der Waals surface area (Å²) in [4.78, 5) is 0. The molecule has 0 spiro atoms. The standard InChI is InChI=1S/C6H6OS3.Na/c8-6(9)10-4-5-2-1-3-7-5;/h1-3H,4H2,(H,8,9);/q;+1/p-1. The zero-order chi connectivity index (χ0) is 7.40. The van der Waals surface area contributed by atoms with Crippen LogP contribution in [0.1, 0.15) is 5.76 Å². The molecule has 5 heteroatoms. The summed E-state index contributed by atoms with van der Waals surface area (Å²) < 4.78 is 5.60. The third kappa shape index (κ3) is 5.22. The maximum Gasteiger partial charge on any atom is 1.00 e. The third-order valence-electron chi connectivity index (χ3n) is 0.912. The van der Waals surface area contributed by atoms with Crippen LogP contribution in [0.3, 0.4) is 0 Å². The molecule has 0 N–H and O–H groups in total. The minimum Gasteiger partial charge on any atom is -0.468 e. The fourth-order valence-corrected chi connectivity index (χ4v) is 1.30. The molecule has 1 nitrogen and oxygen atoms in total. The van der Waals surface area contributed by atoms with Gasteiger partial charge in [0, 0.05) is 0 Å². The predicted molar refractivity (Wildman–Crippen MR) is 50.0 cm³/mol. The second-order valence-corrected chi connectivity index (χ2v) is 4.20. The van der Waals surface area contributed by atoms with Crippen molar-refractivity contribution in [3.63, 3.8) is 0 Å². The van der Waals surface area contributed by atoms with Crippen molar-refractivity contribution >= 4 is 40.1 Å². The maximum absolute atomic E-state index is 5.06. The summed E-state index contributed by atoms with van der Waals surface area (Å²) in [6.07, 6.45) is 1.64. The van der Waals surface area contributed by atoms with Gasteiger partial charge in [-0.1, -0.05) is 3.53 Å². The van der Waals surface area contributed by atoms with Gasteiger partial charge in [-0.2, -0.15) is 0 Å². The molecule has 1 aromatic rings. The molecule has 0 amide bonds. The van der Waals surface area contributed by atoms with Gasteiger partial charge in [-0.25, -0.2) is 0 Å². The SMILES string of the molecule is S=C([S-])SCc1ccco1.[Na+]. The van der Waals surface area contributed by atoms with E-state index in [0.717, 1.165) is 11.5 Å². The molecule has 0 aliphatic heterocycles. The molecule has 0 aliphatic carbocycles. The first-order valence-electron chi connectivity index (χ1n) is 2.65. The van der Waals surface area contributed by atoms with Crippen LogP contribution in [0, 0.1) is 0 Å². The molecule has 11 heavy (non-hydrogen) atoms. The van der Waals surface area contributed by atoms with Gasteiger partial charge in [0.25, 0.3) is 0 Å². The molecule has 0 fully saturated rings. The first-order valence-corrected chi connectivity index (χ1v) is 4.45. The van der Waals surface area contributed by atoms with E-state index >= 15 is 0 Å². The molecule has 0 saturated heterocycles. The Hall–Kier alpha value is 0.940. The van der Waals surface area contributed by atoms with Gasteiger partial charge in [0.2, 0.25) is 0 Å². The summed E-state index contributed by atoms with van der Waals surface area (Å²) in [5.41, 5.74) is 0. The summed E-state index contributed by atoms with van der Waals surface area (Å²) in [5, 5.41) is 0. The first-order chi connectivity index (χ1) is 4.79. The Morgan fingerprint density at radius 1 is 1.73 bits per heavy atom. The fraction of sp³-hybridized carbons (Fsp3) is 0.167. The molecule has 0 saturated carbocycles. The molecule has 54 valence electrons. The van der Waals surface area contributed by atoms with Crippen molar-refractivity contribution in [2.75, 3.05) is 0 Å². The van der Waals surface area contributed by atoms with E-state index in [1.807, 2.05) is 12.1 Å². The molecule has 0 radical (unpaired) electrons. The number of thiocarbonyl (C=S) groups is 1. The van der Waals surface area contributed by atoms with E-state index in [0.29, 0.717) is 3.53 Å². The van der Waals surface area contributed by atoms with Gasteiger partial charge in [0.1, 0.15) is 5.76 Å². The van der Waals surface area contributed by atoms with Gasteiger partial charge in [0.05, 0.1) is 12.0 Å². The Labute approximate surface area is 103 Å². The second-order valence-electron chi connectivity index (χ2n) is 1.62. The maximum atomic E-state index is 5.06. The molecular formula is C6H5NaOS3. The zero-order valence-corrected chi connectivity index (χ0v) is 10.5. The van der Waals surface area contributed by atoms with Crippen LogP contribution in [0.4, 0.5) is 0 Å². The molecule has 0 atom stereocenters. The van der Waals surface area contributed by atoms with Crippen LogP contribution in [-0.4, -0.2) is 3.53 Å². The van der Waals surface area contributed by atoms with Crippen molar-refractivity contribution in [1.82, 2.24) is 0 Å². The van der Waals surface area contributed by atoms with Crippen LogP contribution in [0.15, 0.2) is 22.8 Å². The van der Waals surface area contributed by atoms with Crippen molar-refractivity contribution in [3.05, 3.63) is 24.2 Å². The number of thioether (sulfide) groups is 1. The summed E-state index contributed by atoms with van der Waals surface area (Å²) in [7, 11) is 0.